The molecule has 0 saturated heterocycles. The zero-order valence-electron chi connectivity index (χ0n) is 41.7. The van der Waals surface area contributed by atoms with E-state index in [4.69, 9.17) is 8.83 Å². The SMILES string of the molecule is CC1(C)c2cc(N(c3ccc4c(c3)C(C)(C)c3c5c(c6oc7ccccc7c6c3-4)-c3ccccc3C5(C)C)c3ccc4c(c3)c3ccccc3n4-c3ccccc3)ccc2-c2c1ccc1oc3ccccc3c21. The molecule has 0 fully saturated rings. The maximum absolute atomic E-state index is 7.03. The van der Waals surface area contributed by atoms with Gasteiger partial charge < -0.3 is 18.3 Å². The fourth-order valence-corrected chi connectivity index (χ4v) is 14.2. The molecule has 0 atom stereocenters. The zero-order valence-corrected chi connectivity index (χ0v) is 41.7. The van der Waals surface area contributed by atoms with Gasteiger partial charge in [-0.3, -0.25) is 0 Å². The molecule has 3 heterocycles. The van der Waals surface area contributed by atoms with Crippen molar-refractivity contribution in [1.29, 1.82) is 0 Å². The van der Waals surface area contributed by atoms with Crippen LogP contribution >= 0.6 is 0 Å². The molecule has 0 amide bonds. The molecule has 3 aromatic heterocycles. The highest BCUT2D eigenvalue weighted by atomic mass is 16.3. The molecule has 4 heteroatoms. The molecule has 348 valence electrons. The molecule has 0 radical (unpaired) electrons. The van der Waals surface area contributed by atoms with Crippen LogP contribution < -0.4 is 4.90 Å². The van der Waals surface area contributed by atoms with E-state index in [1.807, 2.05) is 0 Å². The summed E-state index contributed by atoms with van der Waals surface area (Å²) in [4.78, 5) is 2.52. The predicted molar refractivity (Wildman–Crippen MR) is 303 cm³/mol. The zero-order chi connectivity index (χ0) is 48.9. The van der Waals surface area contributed by atoms with E-state index >= 15 is 0 Å². The van der Waals surface area contributed by atoms with Gasteiger partial charge in [-0.1, -0.05) is 157 Å². The molecule has 0 bridgehead atoms. The van der Waals surface area contributed by atoms with E-state index in [2.05, 4.69) is 245 Å². The number of anilines is 3. The van der Waals surface area contributed by atoms with Gasteiger partial charge in [0.2, 0.25) is 0 Å². The molecule has 73 heavy (non-hydrogen) atoms. The number of hydrogen-bond acceptors (Lipinski definition) is 3. The van der Waals surface area contributed by atoms with Crippen molar-refractivity contribution >= 4 is 82.7 Å². The number of aromatic nitrogens is 1. The summed E-state index contributed by atoms with van der Waals surface area (Å²) in [6, 6.07) is 71.8. The van der Waals surface area contributed by atoms with Crippen molar-refractivity contribution in [3.05, 3.63) is 228 Å². The number of rotatable bonds is 4. The van der Waals surface area contributed by atoms with Crippen LogP contribution in [0.25, 0.3) is 105 Å². The van der Waals surface area contributed by atoms with Gasteiger partial charge in [-0.15, -0.1) is 0 Å². The Morgan fingerprint density at radius 3 is 1.67 bits per heavy atom. The van der Waals surface area contributed by atoms with E-state index in [0.717, 1.165) is 50.5 Å². The number of para-hydroxylation sites is 4. The van der Waals surface area contributed by atoms with Crippen molar-refractivity contribution < 1.29 is 8.83 Å². The van der Waals surface area contributed by atoms with Crippen LogP contribution in [0.2, 0.25) is 0 Å². The maximum Gasteiger partial charge on any atom is 0.144 e. The molecule has 4 nitrogen and oxygen atoms in total. The summed E-state index contributed by atoms with van der Waals surface area (Å²) in [7, 11) is 0. The minimum Gasteiger partial charge on any atom is -0.456 e. The van der Waals surface area contributed by atoms with E-state index in [-0.39, 0.29) is 16.2 Å². The van der Waals surface area contributed by atoms with Crippen LogP contribution in [0, 0.1) is 0 Å². The third kappa shape index (κ3) is 5.15. The molecule has 0 saturated carbocycles. The third-order valence-electron chi connectivity index (χ3n) is 17.5. The fraction of sp³-hybridized carbons (Fsp3) is 0.130. The first-order valence-electron chi connectivity index (χ1n) is 25.8. The molecular formula is C69H50N2O2. The van der Waals surface area contributed by atoms with Gasteiger partial charge in [0.15, 0.2) is 0 Å². The summed E-state index contributed by atoms with van der Waals surface area (Å²) in [5.74, 6) is 0. The van der Waals surface area contributed by atoms with Crippen LogP contribution in [0.15, 0.2) is 203 Å². The van der Waals surface area contributed by atoms with Crippen LogP contribution in [-0.4, -0.2) is 4.57 Å². The molecule has 3 aliphatic carbocycles. The lowest BCUT2D eigenvalue weighted by molar-refractivity contribution is 0.600. The minimum absolute atomic E-state index is 0.241. The standard InChI is InChI=1S/C69H50N2O2/c1-67(2)51-33-35-58-60(47-22-12-16-26-56(47)72-58)59(51)45-31-28-41(37-52(45)67)70(40-30-34-55-49(36-40)43-20-11-15-25-54(43)71(55)39-18-8-7-9-19-39)42-29-32-46-53(38-42)69(5,6)64-61(46)62-48-23-13-17-27-57(48)73-66(62)63-44-21-10-14-24-50(44)68(3,4)65(63)64/h7-38H,1-6H3. The lowest BCUT2D eigenvalue weighted by atomic mass is 9.72. The Balaban J connectivity index is 0.953. The lowest BCUT2D eigenvalue weighted by Crippen LogP contribution is -2.24. The summed E-state index contributed by atoms with van der Waals surface area (Å²) in [6.45, 7) is 14.5. The number of benzene rings is 10. The van der Waals surface area contributed by atoms with E-state index in [0.29, 0.717) is 0 Å². The number of fused-ring (bicyclic) bond motifs is 22. The predicted octanol–water partition coefficient (Wildman–Crippen LogP) is 19.0. The van der Waals surface area contributed by atoms with Crippen molar-refractivity contribution in [3.63, 3.8) is 0 Å². The summed E-state index contributed by atoms with van der Waals surface area (Å²) in [5.41, 5.74) is 25.5. The average Bonchev–Trinajstić information content (AvgIpc) is 4.27. The highest BCUT2D eigenvalue weighted by molar-refractivity contribution is 6.21. The Labute approximate surface area is 423 Å². The second kappa shape index (κ2) is 13.9. The molecule has 3 aliphatic rings. The van der Waals surface area contributed by atoms with Crippen molar-refractivity contribution in [3.8, 4) is 39.1 Å². The quantitative estimate of drug-likeness (QED) is 0.176. The summed E-state index contributed by atoms with van der Waals surface area (Å²) < 4.78 is 15.9. The Hall–Kier alpha value is -8.60. The van der Waals surface area contributed by atoms with Crippen LogP contribution in [0.1, 0.15) is 74.9 Å². The summed E-state index contributed by atoms with van der Waals surface area (Å²) in [6.07, 6.45) is 0. The summed E-state index contributed by atoms with van der Waals surface area (Å²) in [5, 5.41) is 7.18. The Bertz CT molecular complexity index is 4590. The normalized spacial score (nSPS) is 15.3. The maximum atomic E-state index is 7.03. The molecule has 16 rings (SSSR count). The Morgan fingerprint density at radius 1 is 0.356 bits per heavy atom. The van der Waals surface area contributed by atoms with Crippen LogP contribution in [-0.2, 0) is 16.2 Å². The van der Waals surface area contributed by atoms with Gasteiger partial charge in [-0.05, 0) is 140 Å². The van der Waals surface area contributed by atoms with Gasteiger partial charge in [-0.2, -0.15) is 0 Å². The molecular weight excluding hydrogens is 889 g/mol. The van der Waals surface area contributed by atoms with Gasteiger partial charge in [0.25, 0.3) is 0 Å². The highest BCUT2D eigenvalue weighted by Crippen LogP contribution is 2.64. The van der Waals surface area contributed by atoms with E-state index in [9.17, 15) is 0 Å². The van der Waals surface area contributed by atoms with Gasteiger partial charge in [0.1, 0.15) is 22.3 Å². The number of furan rings is 2. The molecule has 13 aromatic rings. The monoisotopic (exact) mass is 938 g/mol. The van der Waals surface area contributed by atoms with Gasteiger partial charge in [-0.25, -0.2) is 0 Å². The lowest BCUT2D eigenvalue weighted by Gasteiger charge is -2.32. The van der Waals surface area contributed by atoms with Crippen molar-refractivity contribution in [1.82, 2.24) is 4.57 Å². The number of hydrogen-bond donors (Lipinski definition) is 0. The fourth-order valence-electron chi connectivity index (χ4n) is 14.2. The first-order chi connectivity index (χ1) is 35.5. The highest BCUT2D eigenvalue weighted by Gasteiger charge is 2.49. The van der Waals surface area contributed by atoms with E-state index in [1.54, 1.807) is 0 Å². The van der Waals surface area contributed by atoms with Gasteiger partial charge >= 0.3 is 0 Å². The van der Waals surface area contributed by atoms with Crippen molar-refractivity contribution in [2.24, 2.45) is 0 Å². The van der Waals surface area contributed by atoms with E-state index in [1.165, 1.54) is 105 Å². The topological polar surface area (TPSA) is 34.5 Å². The van der Waals surface area contributed by atoms with Gasteiger partial charge in [0.05, 0.1) is 11.0 Å². The molecule has 10 aromatic carbocycles. The Kier molecular flexibility index (Phi) is 7.80. The summed E-state index contributed by atoms with van der Waals surface area (Å²) >= 11 is 0. The smallest absolute Gasteiger partial charge is 0.144 e. The van der Waals surface area contributed by atoms with Crippen LogP contribution in [0.5, 0.6) is 0 Å². The second-order valence-electron chi connectivity index (χ2n) is 22.4. The van der Waals surface area contributed by atoms with Gasteiger partial charge in [0, 0.05) is 76.9 Å². The Morgan fingerprint density at radius 2 is 0.904 bits per heavy atom. The largest absolute Gasteiger partial charge is 0.456 e. The van der Waals surface area contributed by atoms with Crippen LogP contribution in [0.3, 0.4) is 0 Å². The first kappa shape index (κ1) is 41.1. The molecule has 0 N–H and O–H groups in total. The second-order valence-corrected chi connectivity index (χ2v) is 22.4. The van der Waals surface area contributed by atoms with Crippen LogP contribution in [0.4, 0.5) is 17.1 Å². The first-order valence-corrected chi connectivity index (χ1v) is 25.8. The third-order valence-corrected chi connectivity index (χ3v) is 17.5. The number of nitrogens with zero attached hydrogens (tertiary/aromatic N) is 2. The van der Waals surface area contributed by atoms with E-state index < -0.39 is 0 Å². The van der Waals surface area contributed by atoms with Crippen molar-refractivity contribution in [2.75, 3.05) is 4.90 Å². The molecule has 0 unspecified atom stereocenters. The minimum atomic E-state index is -0.352. The molecule has 0 spiro atoms. The average molecular weight is 939 g/mol. The van der Waals surface area contributed by atoms with Crippen molar-refractivity contribution in [2.45, 2.75) is 57.8 Å². The molecule has 0 aliphatic heterocycles.